The Bertz CT molecular complexity index is 405. The summed E-state index contributed by atoms with van der Waals surface area (Å²) in [6.45, 7) is 0. The quantitative estimate of drug-likeness (QED) is 0.323. The summed E-state index contributed by atoms with van der Waals surface area (Å²) in [7, 11) is 0. The van der Waals surface area contributed by atoms with Gasteiger partial charge in [0.05, 0.1) is 0 Å². The second kappa shape index (κ2) is 13.4. The number of carboxylic acids is 1. The van der Waals surface area contributed by atoms with Gasteiger partial charge in [0.25, 0.3) is 0 Å². The van der Waals surface area contributed by atoms with Crippen molar-refractivity contribution in [2.75, 3.05) is 0 Å². The summed E-state index contributed by atoms with van der Waals surface area (Å²) in [5.41, 5.74) is 1.45. The van der Waals surface area contributed by atoms with Crippen molar-refractivity contribution >= 4 is 17.6 Å². The molecule has 130 valence electrons. The topological polar surface area (TPSA) is 37.3 Å². The zero-order valence-corrected chi connectivity index (χ0v) is 14.9. The van der Waals surface area contributed by atoms with Gasteiger partial charge in [-0.3, -0.25) is 4.79 Å². The molecule has 0 fully saturated rings. The van der Waals surface area contributed by atoms with Crippen LogP contribution in [0.1, 0.15) is 76.2 Å². The van der Waals surface area contributed by atoms with Gasteiger partial charge >= 0.3 is 5.97 Å². The number of aliphatic carboxylic acids is 1. The van der Waals surface area contributed by atoms with Crippen molar-refractivity contribution < 1.29 is 9.90 Å². The van der Waals surface area contributed by atoms with Crippen LogP contribution in [0.2, 0.25) is 0 Å². The van der Waals surface area contributed by atoms with E-state index in [-0.39, 0.29) is 0 Å². The van der Waals surface area contributed by atoms with Crippen molar-refractivity contribution in [1.82, 2.24) is 0 Å². The van der Waals surface area contributed by atoms with Crippen LogP contribution in [0.15, 0.2) is 30.3 Å². The predicted octanol–water partition coefficient (Wildman–Crippen LogP) is 6.21. The highest BCUT2D eigenvalue weighted by molar-refractivity contribution is 6.29. The Morgan fingerprint density at radius 3 is 1.83 bits per heavy atom. The van der Waals surface area contributed by atoms with E-state index >= 15 is 0 Å². The fourth-order valence-corrected chi connectivity index (χ4v) is 2.99. The number of aryl methyl sites for hydroxylation is 1. The summed E-state index contributed by atoms with van der Waals surface area (Å²) in [4.78, 5) is 10.6. The summed E-state index contributed by atoms with van der Waals surface area (Å²) in [5, 5.41) is 7.97. The third-order valence-electron chi connectivity index (χ3n) is 4.28. The van der Waals surface area contributed by atoms with Gasteiger partial charge in [0.2, 0.25) is 0 Å². The monoisotopic (exact) mass is 338 g/mol. The Morgan fingerprint density at radius 1 is 0.826 bits per heavy atom. The molecule has 0 saturated heterocycles. The first-order valence-corrected chi connectivity index (χ1v) is 9.54. The first kappa shape index (κ1) is 20.0. The summed E-state index contributed by atoms with van der Waals surface area (Å²) >= 11 is 5.68. The Balaban J connectivity index is 1.79. The summed E-state index contributed by atoms with van der Waals surface area (Å²) in [5.74, 6) is -0.890. The molecule has 0 aromatic heterocycles. The van der Waals surface area contributed by atoms with Gasteiger partial charge in [0.1, 0.15) is 5.38 Å². The standard InChI is InChI=1S/C20H31ClO2/c21-19(20(22)23)17-13-8-6-4-2-1-3-5-7-10-14-18-15-11-9-12-16-18/h9,11-12,15-16,19H,1-8,10,13-14,17H2,(H,22,23). The highest BCUT2D eigenvalue weighted by Gasteiger charge is 2.11. The smallest absolute Gasteiger partial charge is 0.321 e. The molecule has 1 unspecified atom stereocenters. The lowest BCUT2D eigenvalue weighted by molar-refractivity contribution is -0.136. The number of hydrogen-bond donors (Lipinski definition) is 1. The normalized spacial score (nSPS) is 12.2. The van der Waals surface area contributed by atoms with E-state index in [1.165, 1.54) is 63.4 Å². The van der Waals surface area contributed by atoms with Crippen LogP contribution < -0.4 is 0 Å². The zero-order valence-electron chi connectivity index (χ0n) is 14.2. The van der Waals surface area contributed by atoms with E-state index in [1.54, 1.807) is 0 Å². The van der Waals surface area contributed by atoms with E-state index in [4.69, 9.17) is 16.7 Å². The van der Waals surface area contributed by atoms with Crippen molar-refractivity contribution in [3.8, 4) is 0 Å². The molecule has 1 N–H and O–H groups in total. The van der Waals surface area contributed by atoms with Crippen LogP contribution in [0.25, 0.3) is 0 Å². The first-order valence-electron chi connectivity index (χ1n) is 9.11. The SMILES string of the molecule is O=C(O)C(Cl)CCCCCCCCCCCCc1ccccc1. The molecule has 0 amide bonds. The average molecular weight is 339 g/mol. The number of hydrogen-bond acceptors (Lipinski definition) is 1. The van der Waals surface area contributed by atoms with E-state index in [2.05, 4.69) is 30.3 Å². The van der Waals surface area contributed by atoms with Crippen LogP contribution >= 0.6 is 11.6 Å². The summed E-state index contributed by atoms with van der Waals surface area (Å²) < 4.78 is 0. The fraction of sp³-hybridized carbons (Fsp3) is 0.650. The van der Waals surface area contributed by atoms with Crippen LogP contribution in [-0.4, -0.2) is 16.5 Å². The van der Waals surface area contributed by atoms with Gasteiger partial charge < -0.3 is 5.11 Å². The number of carboxylic acid groups (broad SMARTS) is 1. The Kier molecular flexibility index (Phi) is 11.7. The predicted molar refractivity (Wildman–Crippen MR) is 98.2 cm³/mol. The van der Waals surface area contributed by atoms with Crippen molar-refractivity contribution in [1.29, 1.82) is 0 Å². The molecule has 1 rings (SSSR count). The van der Waals surface area contributed by atoms with Gasteiger partial charge in [-0.1, -0.05) is 88.1 Å². The highest BCUT2D eigenvalue weighted by atomic mass is 35.5. The molecule has 2 nitrogen and oxygen atoms in total. The fourth-order valence-electron chi connectivity index (χ4n) is 2.84. The molecule has 1 atom stereocenters. The zero-order chi connectivity index (χ0) is 16.8. The number of halogens is 1. The van der Waals surface area contributed by atoms with Gasteiger partial charge in [0.15, 0.2) is 0 Å². The molecule has 1 aromatic rings. The minimum absolute atomic E-state index is 0.596. The maximum absolute atomic E-state index is 10.6. The molecular weight excluding hydrogens is 308 g/mol. The molecule has 0 aliphatic heterocycles. The Morgan fingerprint density at radius 2 is 1.30 bits per heavy atom. The van der Waals surface area contributed by atoms with Crippen molar-refractivity contribution in [3.63, 3.8) is 0 Å². The van der Waals surface area contributed by atoms with Crippen LogP contribution in [0.5, 0.6) is 0 Å². The minimum atomic E-state index is -0.890. The van der Waals surface area contributed by atoms with Crippen LogP contribution in [0.4, 0.5) is 0 Å². The molecule has 0 spiro atoms. The van der Waals surface area contributed by atoms with Gasteiger partial charge in [-0.25, -0.2) is 0 Å². The molecule has 1 aromatic carbocycles. The van der Waals surface area contributed by atoms with E-state index < -0.39 is 11.3 Å². The van der Waals surface area contributed by atoms with Crippen molar-refractivity contribution in [3.05, 3.63) is 35.9 Å². The average Bonchev–Trinajstić information content (AvgIpc) is 2.56. The summed E-state index contributed by atoms with van der Waals surface area (Å²) in [6, 6.07) is 10.7. The van der Waals surface area contributed by atoms with Gasteiger partial charge in [-0.2, -0.15) is 0 Å². The lowest BCUT2D eigenvalue weighted by Gasteiger charge is -2.05. The number of carbonyl (C=O) groups is 1. The van der Waals surface area contributed by atoms with Crippen molar-refractivity contribution in [2.24, 2.45) is 0 Å². The van der Waals surface area contributed by atoms with Crippen molar-refractivity contribution in [2.45, 2.75) is 82.4 Å². The second-order valence-corrected chi connectivity index (χ2v) is 6.89. The van der Waals surface area contributed by atoms with Gasteiger partial charge in [0, 0.05) is 0 Å². The van der Waals surface area contributed by atoms with E-state index in [1.807, 2.05) is 0 Å². The maximum atomic E-state index is 10.6. The number of rotatable bonds is 14. The molecule has 0 bridgehead atoms. The second-order valence-electron chi connectivity index (χ2n) is 6.37. The lowest BCUT2D eigenvalue weighted by atomic mass is 10.0. The molecule has 0 heterocycles. The van der Waals surface area contributed by atoms with Crippen LogP contribution in [0, 0.1) is 0 Å². The van der Waals surface area contributed by atoms with Gasteiger partial charge in [-0.05, 0) is 24.8 Å². The number of alkyl halides is 1. The molecule has 0 radical (unpaired) electrons. The van der Waals surface area contributed by atoms with E-state index in [9.17, 15) is 4.79 Å². The Labute approximate surface area is 146 Å². The maximum Gasteiger partial charge on any atom is 0.321 e. The van der Waals surface area contributed by atoms with Crippen LogP contribution in [-0.2, 0) is 11.2 Å². The molecule has 0 aliphatic rings. The molecule has 23 heavy (non-hydrogen) atoms. The van der Waals surface area contributed by atoms with Crippen LogP contribution in [0.3, 0.4) is 0 Å². The molecule has 0 saturated carbocycles. The Hall–Kier alpha value is -1.02. The molecule has 3 heteroatoms. The largest absolute Gasteiger partial charge is 0.480 e. The highest BCUT2D eigenvalue weighted by Crippen LogP contribution is 2.14. The first-order chi connectivity index (χ1) is 11.2. The minimum Gasteiger partial charge on any atom is -0.480 e. The third kappa shape index (κ3) is 11.2. The molecule has 0 aliphatic carbocycles. The van der Waals surface area contributed by atoms with Gasteiger partial charge in [-0.15, -0.1) is 11.6 Å². The number of unbranched alkanes of at least 4 members (excludes halogenated alkanes) is 9. The number of benzene rings is 1. The lowest BCUT2D eigenvalue weighted by Crippen LogP contribution is -2.12. The third-order valence-corrected chi connectivity index (χ3v) is 4.69. The summed E-state index contributed by atoms with van der Waals surface area (Å²) in [6.07, 6.45) is 14.3. The van der Waals surface area contributed by atoms with E-state index in [0.717, 1.165) is 12.8 Å². The molecular formula is C20H31ClO2. The van der Waals surface area contributed by atoms with E-state index in [0.29, 0.717) is 6.42 Å².